The van der Waals surface area contributed by atoms with E-state index in [0.717, 1.165) is 63.4 Å². The van der Waals surface area contributed by atoms with E-state index in [1.54, 1.807) is 13.3 Å². The number of aryl methyl sites for hydroxylation is 1. The summed E-state index contributed by atoms with van der Waals surface area (Å²) in [4.78, 5) is 22.7. The number of benzene rings is 2. The van der Waals surface area contributed by atoms with E-state index in [9.17, 15) is 4.79 Å². The van der Waals surface area contributed by atoms with Gasteiger partial charge < -0.3 is 14.6 Å². The lowest BCUT2D eigenvalue weighted by molar-refractivity contribution is -0.114. The van der Waals surface area contributed by atoms with Crippen molar-refractivity contribution in [2.45, 2.75) is 32.1 Å². The number of H-pyrrole nitrogens is 1. The maximum Gasteiger partial charge on any atom is 0.159 e. The fourth-order valence-corrected chi connectivity index (χ4v) is 5.30. The van der Waals surface area contributed by atoms with Crippen LogP contribution in [0, 0.1) is 6.92 Å². The standard InChI is InChI=1S/C31H33N3O2/c1-5-26(35)19-25-18-24(7-6-20(25)2)28-29-27(36-4)12-15-32-31(29)33-30(28)23-10-8-21(9-11-23)22-13-16-34(3)17-14-22/h5-12,15,18,22H,1,13-14,16-17,19H2,2-4H3,(H,32,33). The number of aromatic amines is 1. The zero-order valence-corrected chi connectivity index (χ0v) is 21.3. The molecule has 5 heteroatoms. The molecule has 1 saturated heterocycles. The number of hydrogen-bond donors (Lipinski definition) is 1. The third-order valence-electron chi connectivity index (χ3n) is 7.50. The molecule has 0 amide bonds. The van der Waals surface area contributed by atoms with Gasteiger partial charge in [-0.2, -0.15) is 0 Å². The van der Waals surface area contributed by atoms with Gasteiger partial charge in [-0.1, -0.05) is 49.0 Å². The molecule has 3 heterocycles. The van der Waals surface area contributed by atoms with Gasteiger partial charge in [0.1, 0.15) is 11.4 Å². The number of methoxy groups -OCH3 is 1. The average Bonchev–Trinajstić information content (AvgIpc) is 3.30. The molecule has 0 radical (unpaired) electrons. The first-order valence-electron chi connectivity index (χ1n) is 12.6. The summed E-state index contributed by atoms with van der Waals surface area (Å²) in [6.07, 6.45) is 5.88. The maximum absolute atomic E-state index is 12.2. The Hall–Kier alpha value is -3.70. The normalized spacial score (nSPS) is 14.8. The van der Waals surface area contributed by atoms with E-state index in [0.29, 0.717) is 12.3 Å². The highest BCUT2D eigenvalue weighted by atomic mass is 16.5. The van der Waals surface area contributed by atoms with Gasteiger partial charge >= 0.3 is 0 Å². The van der Waals surface area contributed by atoms with Crippen molar-refractivity contribution in [3.05, 3.63) is 84.1 Å². The minimum absolute atomic E-state index is 0.0122. The molecule has 0 saturated carbocycles. The SMILES string of the molecule is C=CC(=O)Cc1cc(-c2c(-c3ccc(C4CCN(C)CC4)cc3)[nH]c3nccc(OC)c23)ccc1C. The van der Waals surface area contributed by atoms with Crippen LogP contribution in [0.1, 0.15) is 35.4 Å². The van der Waals surface area contributed by atoms with Crippen molar-refractivity contribution in [1.29, 1.82) is 0 Å². The molecular weight excluding hydrogens is 446 g/mol. The quantitative estimate of drug-likeness (QED) is 0.315. The molecule has 5 rings (SSSR count). The minimum Gasteiger partial charge on any atom is -0.496 e. The van der Waals surface area contributed by atoms with Crippen LogP contribution in [0.3, 0.4) is 0 Å². The van der Waals surface area contributed by atoms with Gasteiger partial charge in [0, 0.05) is 18.2 Å². The number of rotatable bonds is 7. The molecule has 1 N–H and O–H groups in total. The molecule has 0 atom stereocenters. The number of ketones is 1. The van der Waals surface area contributed by atoms with Crippen LogP contribution in [0.4, 0.5) is 0 Å². The molecule has 2 aromatic carbocycles. The van der Waals surface area contributed by atoms with Crippen LogP contribution >= 0.6 is 0 Å². The van der Waals surface area contributed by atoms with Crippen LogP contribution in [0.25, 0.3) is 33.4 Å². The molecule has 1 aliphatic rings. The number of piperidine rings is 1. The van der Waals surface area contributed by atoms with E-state index in [-0.39, 0.29) is 5.78 Å². The summed E-state index contributed by atoms with van der Waals surface area (Å²) in [5.41, 5.74) is 8.44. The smallest absolute Gasteiger partial charge is 0.159 e. The molecule has 1 fully saturated rings. The summed E-state index contributed by atoms with van der Waals surface area (Å²) < 4.78 is 5.75. The second-order valence-electron chi connectivity index (χ2n) is 9.80. The number of allylic oxidation sites excluding steroid dienone is 1. The predicted molar refractivity (Wildman–Crippen MR) is 147 cm³/mol. The van der Waals surface area contributed by atoms with Gasteiger partial charge in [0.25, 0.3) is 0 Å². The molecule has 0 aliphatic carbocycles. The van der Waals surface area contributed by atoms with Crippen molar-refractivity contribution in [3.63, 3.8) is 0 Å². The Balaban J connectivity index is 1.62. The highest BCUT2D eigenvalue weighted by Gasteiger charge is 2.22. The summed E-state index contributed by atoms with van der Waals surface area (Å²) in [6.45, 7) is 7.97. The van der Waals surface area contributed by atoms with Crippen LogP contribution < -0.4 is 4.74 Å². The van der Waals surface area contributed by atoms with Crippen LogP contribution in [-0.4, -0.2) is 47.9 Å². The van der Waals surface area contributed by atoms with Crippen molar-refractivity contribution in [1.82, 2.24) is 14.9 Å². The van der Waals surface area contributed by atoms with Crippen LogP contribution in [-0.2, 0) is 11.2 Å². The third kappa shape index (κ3) is 4.59. The average molecular weight is 480 g/mol. The predicted octanol–water partition coefficient (Wildman–Crippen LogP) is 6.32. The first-order chi connectivity index (χ1) is 17.5. The van der Waals surface area contributed by atoms with Crippen LogP contribution in [0.15, 0.2) is 67.4 Å². The molecule has 4 aromatic rings. The van der Waals surface area contributed by atoms with E-state index < -0.39 is 0 Å². The maximum atomic E-state index is 12.2. The second kappa shape index (κ2) is 10.1. The molecular formula is C31H33N3O2. The lowest BCUT2D eigenvalue weighted by Crippen LogP contribution is -2.29. The van der Waals surface area contributed by atoms with Crippen molar-refractivity contribution >= 4 is 16.8 Å². The topological polar surface area (TPSA) is 58.2 Å². The van der Waals surface area contributed by atoms with Crippen molar-refractivity contribution < 1.29 is 9.53 Å². The monoisotopic (exact) mass is 479 g/mol. The largest absolute Gasteiger partial charge is 0.496 e. The first kappa shape index (κ1) is 24.0. The summed E-state index contributed by atoms with van der Waals surface area (Å²) >= 11 is 0. The van der Waals surface area contributed by atoms with E-state index in [2.05, 4.69) is 71.0 Å². The van der Waals surface area contributed by atoms with Gasteiger partial charge in [-0.3, -0.25) is 4.79 Å². The third-order valence-corrected chi connectivity index (χ3v) is 7.50. The van der Waals surface area contributed by atoms with E-state index >= 15 is 0 Å². The summed E-state index contributed by atoms with van der Waals surface area (Å²) in [7, 11) is 3.88. The number of fused-ring (bicyclic) bond motifs is 1. The molecule has 36 heavy (non-hydrogen) atoms. The number of nitrogens with one attached hydrogen (secondary N) is 1. The Labute approximate surface area is 212 Å². The Bertz CT molecular complexity index is 1410. The molecule has 5 nitrogen and oxygen atoms in total. The Morgan fingerprint density at radius 2 is 1.86 bits per heavy atom. The number of carbonyl (C=O) groups is 1. The van der Waals surface area contributed by atoms with E-state index in [1.807, 2.05) is 13.0 Å². The zero-order valence-electron chi connectivity index (χ0n) is 21.3. The van der Waals surface area contributed by atoms with Crippen LogP contribution in [0.2, 0.25) is 0 Å². The summed E-state index contributed by atoms with van der Waals surface area (Å²) in [5, 5.41) is 0.944. The van der Waals surface area contributed by atoms with E-state index in [1.165, 1.54) is 24.5 Å². The fourth-order valence-electron chi connectivity index (χ4n) is 5.30. The highest BCUT2D eigenvalue weighted by molar-refractivity contribution is 6.05. The number of ether oxygens (including phenoxy) is 1. The van der Waals surface area contributed by atoms with Crippen LogP contribution in [0.5, 0.6) is 5.75 Å². The van der Waals surface area contributed by atoms with Gasteiger partial charge in [0.2, 0.25) is 0 Å². The number of hydrogen-bond acceptors (Lipinski definition) is 4. The molecule has 0 unspecified atom stereocenters. The number of aromatic nitrogens is 2. The molecule has 0 spiro atoms. The fraction of sp³-hybridized carbons (Fsp3) is 0.290. The summed E-state index contributed by atoms with van der Waals surface area (Å²) in [5.74, 6) is 1.39. The van der Waals surface area contributed by atoms with Gasteiger partial charge in [-0.25, -0.2) is 4.98 Å². The van der Waals surface area contributed by atoms with Crippen molar-refractivity contribution in [2.75, 3.05) is 27.2 Å². The number of likely N-dealkylation sites (tertiary alicyclic amines) is 1. The van der Waals surface area contributed by atoms with Gasteiger partial charge in [0.05, 0.1) is 18.2 Å². The van der Waals surface area contributed by atoms with Gasteiger partial charge in [-0.05, 0) is 85.8 Å². The number of carbonyl (C=O) groups excluding carboxylic acids is 1. The van der Waals surface area contributed by atoms with E-state index in [4.69, 9.17) is 4.74 Å². The second-order valence-corrected chi connectivity index (χ2v) is 9.80. The zero-order chi connectivity index (χ0) is 25.2. The summed E-state index contributed by atoms with van der Waals surface area (Å²) in [6, 6.07) is 17.2. The highest BCUT2D eigenvalue weighted by Crippen LogP contribution is 2.42. The molecule has 184 valence electrons. The molecule has 1 aliphatic heterocycles. The van der Waals surface area contributed by atoms with Gasteiger partial charge in [-0.15, -0.1) is 0 Å². The Morgan fingerprint density at radius 3 is 2.56 bits per heavy atom. The number of pyridine rings is 1. The van der Waals surface area contributed by atoms with Gasteiger partial charge in [0.15, 0.2) is 5.78 Å². The van der Waals surface area contributed by atoms with Crippen molar-refractivity contribution in [3.8, 4) is 28.1 Å². The Kier molecular flexibility index (Phi) is 6.75. The Morgan fingerprint density at radius 1 is 1.14 bits per heavy atom. The first-order valence-corrected chi connectivity index (χ1v) is 12.6. The molecule has 2 aromatic heterocycles. The minimum atomic E-state index is 0.0122. The lowest BCUT2D eigenvalue weighted by atomic mass is 9.88. The molecule has 0 bridgehead atoms. The number of nitrogens with zero attached hydrogens (tertiary/aromatic N) is 2. The van der Waals surface area contributed by atoms with Crippen molar-refractivity contribution in [2.24, 2.45) is 0 Å². The lowest BCUT2D eigenvalue weighted by Gasteiger charge is -2.29.